The molecule has 1 fully saturated rings. The summed E-state index contributed by atoms with van der Waals surface area (Å²) in [7, 11) is 0. The predicted octanol–water partition coefficient (Wildman–Crippen LogP) is 1.72. The van der Waals surface area contributed by atoms with Gasteiger partial charge in [-0.2, -0.15) is 0 Å². The Bertz CT molecular complexity index is 405. The first-order valence-electron chi connectivity index (χ1n) is 7.70. The third-order valence-corrected chi connectivity index (χ3v) is 3.47. The fourth-order valence-corrected chi connectivity index (χ4v) is 2.32. The molecule has 2 rings (SSSR count). The van der Waals surface area contributed by atoms with Crippen molar-refractivity contribution in [3.05, 3.63) is 30.1 Å². The summed E-state index contributed by atoms with van der Waals surface area (Å²) < 4.78 is 10.9. The predicted molar refractivity (Wildman–Crippen MR) is 80.0 cm³/mol. The van der Waals surface area contributed by atoms with Crippen LogP contribution in [-0.4, -0.2) is 43.4 Å². The monoisotopic (exact) mass is 292 g/mol. The SMILES string of the molecule is O=C(COC[C@@H]1CCCCO1)NCCCc1ccccn1. The van der Waals surface area contributed by atoms with Gasteiger partial charge in [0.25, 0.3) is 0 Å². The van der Waals surface area contributed by atoms with Crippen LogP contribution < -0.4 is 5.32 Å². The molecule has 0 spiro atoms. The standard InChI is InChI=1S/C16H24N2O3/c19-16(13-20-12-15-8-2-4-11-21-15)18-10-5-7-14-6-1-3-9-17-14/h1,3,6,9,15H,2,4-5,7-8,10-13H2,(H,18,19)/t15-/m0/s1. The molecule has 0 bridgehead atoms. The van der Waals surface area contributed by atoms with Crippen LogP contribution in [-0.2, 0) is 20.7 Å². The number of carbonyl (C=O) groups excluding carboxylic acids is 1. The van der Waals surface area contributed by atoms with Gasteiger partial charge in [0.1, 0.15) is 6.61 Å². The second-order valence-corrected chi connectivity index (χ2v) is 5.28. The Morgan fingerprint density at radius 2 is 2.38 bits per heavy atom. The Kier molecular flexibility index (Phi) is 7.18. The van der Waals surface area contributed by atoms with Gasteiger partial charge in [0.05, 0.1) is 12.7 Å². The number of pyridine rings is 1. The lowest BCUT2D eigenvalue weighted by atomic mass is 10.1. The Balaban J connectivity index is 1.47. The molecule has 5 heteroatoms. The van der Waals surface area contributed by atoms with Crippen molar-refractivity contribution in [3.63, 3.8) is 0 Å². The van der Waals surface area contributed by atoms with Crippen LogP contribution in [0, 0.1) is 0 Å². The van der Waals surface area contributed by atoms with Gasteiger partial charge in [-0.15, -0.1) is 0 Å². The molecule has 5 nitrogen and oxygen atoms in total. The quantitative estimate of drug-likeness (QED) is 0.741. The van der Waals surface area contributed by atoms with Crippen molar-refractivity contribution in [3.8, 4) is 0 Å². The van der Waals surface area contributed by atoms with E-state index in [1.807, 2.05) is 18.2 Å². The zero-order valence-electron chi connectivity index (χ0n) is 12.4. The fraction of sp³-hybridized carbons (Fsp3) is 0.625. The van der Waals surface area contributed by atoms with Gasteiger partial charge in [0, 0.05) is 25.0 Å². The Morgan fingerprint density at radius 1 is 1.43 bits per heavy atom. The van der Waals surface area contributed by atoms with Crippen molar-refractivity contribution in [1.29, 1.82) is 0 Å². The van der Waals surface area contributed by atoms with Crippen LogP contribution in [0.2, 0.25) is 0 Å². The van der Waals surface area contributed by atoms with Gasteiger partial charge in [0.2, 0.25) is 5.91 Å². The van der Waals surface area contributed by atoms with Crippen molar-refractivity contribution < 1.29 is 14.3 Å². The third kappa shape index (κ3) is 6.69. The molecule has 1 saturated heterocycles. The number of hydrogen-bond donors (Lipinski definition) is 1. The summed E-state index contributed by atoms with van der Waals surface area (Å²) in [4.78, 5) is 15.8. The minimum Gasteiger partial charge on any atom is -0.376 e. The lowest BCUT2D eigenvalue weighted by molar-refractivity contribution is -0.127. The molecule has 1 aliphatic rings. The number of nitrogens with one attached hydrogen (secondary N) is 1. The lowest BCUT2D eigenvalue weighted by Gasteiger charge is -2.22. The van der Waals surface area contributed by atoms with E-state index in [1.165, 1.54) is 6.42 Å². The van der Waals surface area contributed by atoms with Crippen molar-refractivity contribution in [2.75, 3.05) is 26.4 Å². The number of rotatable bonds is 8. The van der Waals surface area contributed by atoms with E-state index in [2.05, 4.69) is 10.3 Å². The zero-order valence-corrected chi connectivity index (χ0v) is 12.4. The first kappa shape index (κ1) is 15.9. The van der Waals surface area contributed by atoms with Gasteiger partial charge >= 0.3 is 0 Å². The molecule has 0 radical (unpaired) electrons. The average molecular weight is 292 g/mol. The number of amides is 1. The second-order valence-electron chi connectivity index (χ2n) is 5.28. The van der Waals surface area contributed by atoms with Gasteiger partial charge in [-0.05, 0) is 44.2 Å². The van der Waals surface area contributed by atoms with Crippen LogP contribution in [0.5, 0.6) is 0 Å². The third-order valence-electron chi connectivity index (χ3n) is 3.47. The molecular weight excluding hydrogens is 268 g/mol. The maximum atomic E-state index is 11.6. The van der Waals surface area contributed by atoms with E-state index in [-0.39, 0.29) is 18.6 Å². The Hall–Kier alpha value is -1.46. The van der Waals surface area contributed by atoms with Gasteiger partial charge in [-0.25, -0.2) is 0 Å². The number of aromatic nitrogens is 1. The Morgan fingerprint density at radius 3 is 3.14 bits per heavy atom. The lowest BCUT2D eigenvalue weighted by Crippen LogP contribution is -2.31. The summed E-state index contributed by atoms with van der Waals surface area (Å²) >= 11 is 0. The zero-order chi connectivity index (χ0) is 14.8. The van der Waals surface area contributed by atoms with Crippen LogP contribution in [0.1, 0.15) is 31.4 Å². The van der Waals surface area contributed by atoms with E-state index in [9.17, 15) is 4.79 Å². The summed E-state index contributed by atoms with van der Waals surface area (Å²) in [6, 6.07) is 5.87. The van der Waals surface area contributed by atoms with Crippen LogP contribution in [0.3, 0.4) is 0 Å². The van der Waals surface area contributed by atoms with E-state index in [1.54, 1.807) is 6.20 Å². The molecular formula is C16H24N2O3. The maximum absolute atomic E-state index is 11.6. The van der Waals surface area contributed by atoms with E-state index < -0.39 is 0 Å². The van der Waals surface area contributed by atoms with E-state index in [4.69, 9.17) is 9.47 Å². The second kappa shape index (κ2) is 9.47. The largest absolute Gasteiger partial charge is 0.376 e. The molecule has 21 heavy (non-hydrogen) atoms. The molecule has 1 amide bonds. The van der Waals surface area contributed by atoms with Crippen LogP contribution in [0.4, 0.5) is 0 Å². The minimum absolute atomic E-state index is 0.0631. The highest BCUT2D eigenvalue weighted by molar-refractivity contribution is 5.77. The fourth-order valence-electron chi connectivity index (χ4n) is 2.32. The molecule has 1 aliphatic heterocycles. The van der Waals surface area contributed by atoms with Crippen molar-refractivity contribution in [2.45, 2.75) is 38.2 Å². The molecule has 1 N–H and O–H groups in total. The summed E-state index contributed by atoms with van der Waals surface area (Å²) in [6.45, 7) is 2.09. The molecule has 0 aromatic carbocycles. The van der Waals surface area contributed by atoms with Crippen molar-refractivity contribution in [1.82, 2.24) is 10.3 Å². The van der Waals surface area contributed by atoms with E-state index >= 15 is 0 Å². The number of nitrogens with zero attached hydrogens (tertiary/aromatic N) is 1. The molecule has 1 aromatic rings. The first-order chi connectivity index (χ1) is 10.3. The highest BCUT2D eigenvalue weighted by Gasteiger charge is 2.14. The molecule has 0 saturated carbocycles. The molecule has 1 aromatic heterocycles. The van der Waals surface area contributed by atoms with Gasteiger partial charge in [-0.3, -0.25) is 9.78 Å². The molecule has 2 heterocycles. The number of hydrogen-bond acceptors (Lipinski definition) is 4. The molecule has 116 valence electrons. The summed E-state index contributed by atoms with van der Waals surface area (Å²) in [5.74, 6) is -0.0631. The van der Waals surface area contributed by atoms with Gasteiger partial charge in [0.15, 0.2) is 0 Å². The smallest absolute Gasteiger partial charge is 0.245 e. The molecule has 0 unspecified atom stereocenters. The normalized spacial score (nSPS) is 18.4. The van der Waals surface area contributed by atoms with Gasteiger partial charge < -0.3 is 14.8 Å². The minimum atomic E-state index is -0.0631. The highest BCUT2D eigenvalue weighted by Crippen LogP contribution is 2.12. The number of ether oxygens (including phenoxy) is 2. The van der Waals surface area contributed by atoms with Crippen LogP contribution >= 0.6 is 0 Å². The summed E-state index contributed by atoms with van der Waals surface area (Å²) in [5, 5.41) is 2.86. The van der Waals surface area contributed by atoms with Crippen molar-refractivity contribution in [2.24, 2.45) is 0 Å². The Labute approximate surface area is 126 Å². The topological polar surface area (TPSA) is 60.5 Å². The van der Waals surface area contributed by atoms with Crippen LogP contribution in [0.25, 0.3) is 0 Å². The van der Waals surface area contributed by atoms with E-state index in [0.717, 1.165) is 38.0 Å². The average Bonchev–Trinajstić information content (AvgIpc) is 2.54. The summed E-state index contributed by atoms with van der Waals surface area (Å²) in [5.41, 5.74) is 1.05. The molecule has 1 atom stereocenters. The van der Waals surface area contributed by atoms with E-state index in [0.29, 0.717) is 13.2 Å². The maximum Gasteiger partial charge on any atom is 0.245 e. The highest BCUT2D eigenvalue weighted by atomic mass is 16.5. The van der Waals surface area contributed by atoms with Gasteiger partial charge in [-0.1, -0.05) is 6.07 Å². The van der Waals surface area contributed by atoms with Crippen molar-refractivity contribution >= 4 is 5.91 Å². The molecule has 0 aliphatic carbocycles. The first-order valence-corrected chi connectivity index (χ1v) is 7.70. The van der Waals surface area contributed by atoms with Crippen LogP contribution in [0.15, 0.2) is 24.4 Å². The number of carbonyl (C=O) groups is 1. The number of aryl methyl sites for hydroxylation is 1. The summed E-state index contributed by atoms with van der Waals surface area (Å²) in [6.07, 6.45) is 7.06.